The molecule has 0 radical (unpaired) electrons. The molecule has 0 bridgehead atoms. The summed E-state index contributed by atoms with van der Waals surface area (Å²) in [5.41, 5.74) is 0. The van der Waals surface area contributed by atoms with Crippen molar-refractivity contribution in [3.05, 3.63) is 60.8 Å². The van der Waals surface area contributed by atoms with Crippen LogP contribution in [0.25, 0.3) is 0 Å². The summed E-state index contributed by atoms with van der Waals surface area (Å²) in [4.78, 5) is 38.4. The van der Waals surface area contributed by atoms with Gasteiger partial charge in [-0.1, -0.05) is 326 Å². The van der Waals surface area contributed by atoms with E-state index in [1.807, 2.05) is 0 Å². The van der Waals surface area contributed by atoms with E-state index in [9.17, 15) is 14.4 Å². The van der Waals surface area contributed by atoms with Crippen molar-refractivity contribution in [1.82, 2.24) is 0 Å². The van der Waals surface area contributed by atoms with Crippen LogP contribution in [0.15, 0.2) is 60.8 Å². The van der Waals surface area contributed by atoms with Crippen molar-refractivity contribution in [2.75, 3.05) is 13.2 Å². The van der Waals surface area contributed by atoms with Crippen molar-refractivity contribution in [2.45, 2.75) is 393 Å². The van der Waals surface area contributed by atoms with Crippen LogP contribution in [0.4, 0.5) is 0 Å². The Morgan fingerprint density at radius 3 is 0.720 bits per heavy atom. The summed E-state index contributed by atoms with van der Waals surface area (Å²) in [6.07, 6.45) is 91.1. The molecule has 6 heteroatoms. The summed E-state index contributed by atoms with van der Waals surface area (Å²) in [6, 6.07) is 0. The molecule has 0 saturated heterocycles. The third-order valence-corrected chi connectivity index (χ3v) is 16.2. The van der Waals surface area contributed by atoms with Crippen LogP contribution in [0, 0.1) is 0 Å². The first-order valence-corrected chi connectivity index (χ1v) is 36.3. The number of hydrogen-bond donors (Lipinski definition) is 0. The zero-order chi connectivity index (χ0) is 59.2. The van der Waals surface area contributed by atoms with Gasteiger partial charge in [0.2, 0.25) is 0 Å². The molecule has 0 fully saturated rings. The Balaban J connectivity index is 4.23. The minimum absolute atomic E-state index is 0.0773. The molecule has 0 saturated carbocycles. The first-order valence-electron chi connectivity index (χ1n) is 36.3. The molecule has 478 valence electrons. The van der Waals surface area contributed by atoms with Crippen molar-refractivity contribution in [2.24, 2.45) is 0 Å². The van der Waals surface area contributed by atoms with Crippen molar-refractivity contribution in [3.63, 3.8) is 0 Å². The molecule has 1 unspecified atom stereocenters. The van der Waals surface area contributed by atoms with Gasteiger partial charge in [0.15, 0.2) is 6.10 Å². The van der Waals surface area contributed by atoms with Crippen LogP contribution in [0.3, 0.4) is 0 Å². The molecule has 0 aliphatic rings. The van der Waals surface area contributed by atoms with E-state index in [-0.39, 0.29) is 31.1 Å². The maximum absolute atomic E-state index is 13.0. The van der Waals surface area contributed by atoms with Crippen LogP contribution in [-0.4, -0.2) is 37.2 Å². The molecule has 1 atom stereocenters. The quantitative estimate of drug-likeness (QED) is 0.0261. The third-order valence-electron chi connectivity index (χ3n) is 16.2. The van der Waals surface area contributed by atoms with Crippen molar-refractivity contribution in [1.29, 1.82) is 0 Å². The summed E-state index contributed by atoms with van der Waals surface area (Å²) >= 11 is 0. The average molecular weight is 1150 g/mol. The molecule has 0 aromatic rings. The normalized spacial score (nSPS) is 12.4. The topological polar surface area (TPSA) is 78.9 Å². The number of allylic oxidation sites excluding steroid dienone is 10. The van der Waals surface area contributed by atoms with E-state index in [2.05, 4.69) is 81.5 Å². The van der Waals surface area contributed by atoms with Crippen LogP contribution in [0.1, 0.15) is 387 Å². The molecule has 0 spiro atoms. The number of unbranched alkanes of at least 4 members (excludes halogenated alkanes) is 46. The van der Waals surface area contributed by atoms with Crippen LogP contribution < -0.4 is 0 Å². The fraction of sp³-hybridized carbons (Fsp3) is 0.829. The number of ether oxygens (including phenoxy) is 3. The molecule has 0 N–H and O–H groups in total. The summed E-state index contributed by atoms with van der Waals surface area (Å²) in [5.74, 6) is -0.873. The molecule has 0 amide bonds. The first kappa shape index (κ1) is 79.1. The van der Waals surface area contributed by atoms with Gasteiger partial charge in [-0.05, 0) is 103 Å². The molecule has 0 heterocycles. The fourth-order valence-corrected chi connectivity index (χ4v) is 10.7. The standard InChI is InChI=1S/C76H138O6/c1-4-7-10-13-16-19-22-25-28-30-32-34-35-36-37-38-39-40-41-43-44-46-48-51-54-57-60-63-66-69-75(78)81-72-73(71-80-74(77)68-65-62-59-56-53-50-27-24-21-18-15-12-9-6-3)82-76(79)70-67-64-61-58-55-52-49-47-45-42-33-31-29-26-23-20-17-14-11-8-5-2/h15,18,23-24,26-27,30-33,73H,4-14,16-17,19-22,25,28-29,34-72H2,1-3H3/b18-15-,26-23-,27-24-,32-30-,33-31-. The van der Waals surface area contributed by atoms with Crippen molar-refractivity contribution in [3.8, 4) is 0 Å². The molecule has 0 aliphatic heterocycles. The van der Waals surface area contributed by atoms with Gasteiger partial charge in [-0.2, -0.15) is 0 Å². The van der Waals surface area contributed by atoms with Gasteiger partial charge in [0.05, 0.1) is 0 Å². The van der Waals surface area contributed by atoms with E-state index in [0.29, 0.717) is 19.3 Å². The third kappa shape index (κ3) is 67.9. The Hall–Kier alpha value is -2.89. The largest absolute Gasteiger partial charge is 0.462 e. The predicted octanol–water partition coefficient (Wildman–Crippen LogP) is 25.1. The lowest BCUT2D eigenvalue weighted by atomic mass is 10.0. The minimum atomic E-state index is -0.783. The van der Waals surface area contributed by atoms with Gasteiger partial charge < -0.3 is 14.2 Å². The zero-order valence-electron chi connectivity index (χ0n) is 55.0. The predicted molar refractivity (Wildman–Crippen MR) is 358 cm³/mol. The molecular formula is C76H138O6. The highest BCUT2D eigenvalue weighted by atomic mass is 16.6. The number of carbonyl (C=O) groups is 3. The molecule has 0 aromatic carbocycles. The first-order chi connectivity index (χ1) is 40.5. The molecule has 0 aromatic heterocycles. The van der Waals surface area contributed by atoms with Crippen LogP contribution in [0.5, 0.6) is 0 Å². The Labute approximate surface area is 510 Å². The number of carbonyl (C=O) groups excluding carboxylic acids is 3. The second-order valence-corrected chi connectivity index (χ2v) is 24.5. The van der Waals surface area contributed by atoms with E-state index in [4.69, 9.17) is 14.2 Å². The van der Waals surface area contributed by atoms with Gasteiger partial charge in [0, 0.05) is 19.3 Å². The molecule has 6 nitrogen and oxygen atoms in total. The van der Waals surface area contributed by atoms with E-state index >= 15 is 0 Å². The maximum Gasteiger partial charge on any atom is 0.306 e. The zero-order valence-corrected chi connectivity index (χ0v) is 55.0. The Bertz CT molecular complexity index is 1460. The lowest BCUT2D eigenvalue weighted by Crippen LogP contribution is -2.30. The van der Waals surface area contributed by atoms with Gasteiger partial charge in [-0.15, -0.1) is 0 Å². The van der Waals surface area contributed by atoms with Crippen molar-refractivity contribution < 1.29 is 28.6 Å². The van der Waals surface area contributed by atoms with E-state index < -0.39 is 6.10 Å². The van der Waals surface area contributed by atoms with Crippen LogP contribution >= 0.6 is 0 Å². The van der Waals surface area contributed by atoms with E-state index in [1.54, 1.807) is 0 Å². The van der Waals surface area contributed by atoms with Crippen molar-refractivity contribution >= 4 is 17.9 Å². The van der Waals surface area contributed by atoms with Gasteiger partial charge in [-0.25, -0.2) is 0 Å². The number of rotatable bonds is 67. The maximum atomic E-state index is 13.0. The Morgan fingerprint density at radius 2 is 0.451 bits per heavy atom. The highest BCUT2D eigenvalue weighted by Gasteiger charge is 2.19. The number of esters is 3. The monoisotopic (exact) mass is 1150 g/mol. The molecule has 0 aliphatic carbocycles. The minimum Gasteiger partial charge on any atom is -0.462 e. The lowest BCUT2D eigenvalue weighted by molar-refractivity contribution is -0.167. The number of hydrogen-bond acceptors (Lipinski definition) is 6. The van der Waals surface area contributed by atoms with Crippen LogP contribution in [-0.2, 0) is 28.6 Å². The van der Waals surface area contributed by atoms with Gasteiger partial charge >= 0.3 is 17.9 Å². The summed E-state index contributed by atoms with van der Waals surface area (Å²) in [5, 5.41) is 0. The van der Waals surface area contributed by atoms with E-state index in [1.165, 1.54) is 263 Å². The molecular weight excluding hydrogens is 1010 g/mol. The summed E-state index contributed by atoms with van der Waals surface area (Å²) < 4.78 is 17.0. The second-order valence-electron chi connectivity index (χ2n) is 24.5. The highest BCUT2D eigenvalue weighted by Crippen LogP contribution is 2.18. The molecule has 82 heavy (non-hydrogen) atoms. The van der Waals surface area contributed by atoms with Crippen LogP contribution in [0.2, 0.25) is 0 Å². The second kappa shape index (κ2) is 70.6. The SMILES string of the molecule is CCCC/C=C\C/C=C\CCCCCCCC(=O)OCC(COC(=O)CCCCCCCCCCCCCCCCCCC/C=C\CCCCCCCCCC)OC(=O)CCCCCCCCCCC/C=C\C/C=C\CCCCCCC. The average Bonchev–Trinajstić information content (AvgIpc) is 3.48. The Morgan fingerprint density at radius 1 is 0.244 bits per heavy atom. The Kier molecular flexibility index (Phi) is 68.1. The van der Waals surface area contributed by atoms with Gasteiger partial charge in [0.25, 0.3) is 0 Å². The molecule has 0 rings (SSSR count). The smallest absolute Gasteiger partial charge is 0.306 e. The highest BCUT2D eigenvalue weighted by molar-refractivity contribution is 5.71. The van der Waals surface area contributed by atoms with Gasteiger partial charge in [-0.3, -0.25) is 14.4 Å². The van der Waals surface area contributed by atoms with E-state index in [0.717, 1.165) is 83.5 Å². The fourth-order valence-electron chi connectivity index (χ4n) is 10.7. The van der Waals surface area contributed by atoms with Gasteiger partial charge in [0.1, 0.15) is 13.2 Å². The lowest BCUT2D eigenvalue weighted by Gasteiger charge is -2.18. The summed E-state index contributed by atoms with van der Waals surface area (Å²) in [7, 11) is 0. The summed E-state index contributed by atoms with van der Waals surface area (Å²) in [6.45, 7) is 6.63.